The summed E-state index contributed by atoms with van der Waals surface area (Å²) >= 11 is 0. The summed E-state index contributed by atoms with van der Waals surface area (Å²) in [4.78, 5) is 8.32. The molecule has 1 aromatic rings. The van der Waals surface area contributed by atoms with Crippen LogP contribution in [-0.4, -0.2) is 41.4 Å². The van der Waals surface area contributed by atoms with Gasteiger partial charge in [0.05, 0.1) is 18.9 Å². The Morgan fingerprint density at radius 3 is 3.06 bits per heavy atom. The third-order valence-corrected chi connectivity index (χ3v) is 2.02. The van der Waals surface area contributed by atoms with Gasteiger partial charge in [0.15, 0.2) is 0 Å². The molecule has 1 aromatic heterocycles. The van der Waals surface area contributed by atoms with Crippen LogP contribution in [0, 0.1) is 6.92 Å². The van der Waals surface area contributed by atoms with E-state index >= 15 is 0 Å². The Hall–Kier alpha value is -1.04. The van der Waals surface area contributed by atoms with Crippen LogP contribution in [0.1, 0.15) is 17.9 Å². The van der Waals surface area contributed by atoms with Gasteiger partial charge < -0.3 is 15.2 Å². The summed E-state index contributed by atoms with van der Waals surface area (Å²) in [5.74, 6) is 0.797. The standard InChI is InChI=1S/C11H19N3O2/c1-10-13-5-3-11(14-10)9-12-4-2-7-16-8-6-15/h3,5,12,15H,2,4,6-9H2,1H3. The molecule has 1 heterocycles. The van der Waals surface area contributed by atoms with Gasteiger partial charge in [-0.05, 0) is 26.0 Å². The van der Waals surface area contributed by atoms with Crippen molar-refractivity contribution >= 4 is 0 Å². The molecule has 0 atom stereocenters. The zero-order valence-electron chi connectivity index (χ0n) is 9.65. The maximum atomic E-state index is 8.49. The third-order valence-electron chi connectivity index (χ3n) is 2.02. The Balaban J connectivity index is 2.03. The fourth-order valence-corrected chi connectivity index (χ4v) is 1.29. The van der Waals surface area contributed by atoms with Crippen LogP contribution in [0.3, 0.4) is 0 Å². The first-order valence-corrected chi connectivity index (χ1v) is 5.51. The average Bonchev–Trinajstić information content (AvgIpc) is 2.28. The van der Waals surface area contributed by atoms with Crippen LogP contribution in [0.4, 0.5) is 0 Å². The van der Waals surface area contributed by atoms with Crippen LogP contribution in [-0.2, 0) is 11.3 Å². The zero-order chi connectivity index (χ0) is 11.6. The van der Waals surface area contributed by atoms with E-state index in [0.717, 1.165) is 31.0 Å². The summed E-state index contributed by atoms with van der Waals surface area (Å²) in [6, 6.07) is 1.91. The number of nitrogens with one attached hydrogen (secondary N) is 1. The second-order valence-electron chi connectivity index (χ2n) is 3.46. The largest absolute Gasteiger partial charge is 0.394 e. The molecule has 0 bridgehead atoms. The van der Waals surface area contributed by atoms with E-state index in [9.17, 15) is 0 Å². The number of hydrogen-bond donors (Lipinski definition) is 2. The van der Waals surface area contributed by atoms with Crippen LogP contribution >= 0.6 is 0 Å². The third kappa shape index (κ3) is 5.75. The molecule has 0 unspecified atom stereocenters. The van der Waals surface area contributed by atoms with Crippen molar-refractivity contribution < 1.29 is 9.84 Å². The molecule has 0 aliphatic heterocycles. The van der Waals surface area contributed by atoms with Crippen LogP contribution in [0.5, 0.6) is 0 Å². The van der Waals surface area contributed by atoms with Crippen molar-refractivity contribution in [2.24, 2.45) is 0 Å². The molecule has 0 amide bonds. The summed E-state index contributed by atoms with van der Waals surface area (Å²) in [5.41, 5.74) is 1.00. The number of hydrogen-bond acceptors (Lipinski definition) is 5. The molecule has 90 valence electrons. The average molecular weight is 225 g/mol. The molecule has 0 fully saturated rings. The molecule has 0 saturated heterocycles. The fourth-order valence-electron chi connectivity index (χ4n) is 1.29. The number of ether oxygens (including phenoxy) is 1. The normalized spacial score (nSPS) is 10.6. The number of aryl methyl sites for hydroxylation is 1. The van der Waals surface area contributed by atoms with Crippen LogP contribution in [0.15, 0.2) is 12.3 Å². The van der Waals surface area contributed by atoms with Gasteiger partial charge in [-0.3, -0.25) is 0 Å². The molecular weight excluding hydrogens is 206 g/mol. The monoisotopic (exact) mass is 225 g/mol. The van der Waals surface area contributed by atoms with E-state index in [4.69, 9.17) is 9.84 Å². The topological polar surface area (TPSA) is 67.3 Å². The second kappa shape index (κ2) is 8.15. The lowest BCUT2D eigenvalue weighted by Crippen LogP contribution is -2.17. The molecule has 5 nitrogen and oxygen atoms in total. The predicted octanol–water partition coefficient (Wildman–Crippen LogP) is 0.274. The molecule has 0 saturated carbocycles. The van der Waals surface area contributed by atoms with E-state index in [2.05, 4.69) is 15.3 Å². The smallest absolute Gasteiger partial charge is 0.125 e. The lowest BCUT2D eigenvalue weighted by atomic mass is 10.3. The molecule has 0 aromatic carbocycles. The van der Waals surface area contributed by atoms with E-state index < -0.39 is 0 Å². The number of aliphatic hydroxyl groups is 1. The first-order valence-electron chi connectivity index (χ1n) is 5.51. The molecule has 5 heteroatoms. The summed E-state index contributed by atoms with van der Waals surface area (Å²) in [7, 11) is 0. The van der Waals surface area contributed by atoms with Crippen LogP contribution < -0.4 is 5.32 Å². The molecule has 0 aliphatic rings. The van der Waals surface area contributed by atoms with E-state index in [1.807, 2.05) is 13.0 Å². The summed E-state index contributed by atoms with van der Waals surface area (Å²) in [6.07, 6.45) is 2.70. The molecular formula is C11H19N3O2. The summed E-state index contributed by atoms with van der Waals surface area (Å²) < 4.78 is 5.14. The Morgan fingerprint density at radius 1 is 1.44 bits per heavy atom. The SMILES string of the molecule is Cc1nccc(CNCCCOCCO)n1. The lowest BCUT2D eigenvalue weighted by molar-refractivity contribution is 0.0907. The Kier molecular flexibility index (Phi) is 6.64. The predicted molar refractivity (Wildman–Crippen MR) is 61.0 cm³/mol. The first kappa shape index (κ1) is 13.0. The second-order valence-corrected chi connectivity index (χ2v) is 3.46. The number of rotatable bonds is 8. The first-order chi connectivity index (χ1) is 7.83. The minimum Gasteiger partial charge on any atom is -0.394 e. The molecule has 2 N–H and O–H groups in total. The van der Waals surface area contributed by atoms with Gasteiger partial charge in [-0.2, -0.15) is 0 Å². The fraction of sp³-hybridized carbons (Fsp3) is 0.636. The van der Waals surface area contributed by atoms with Crippen molar-refractivity contribution in [1.29, 1.82) is 0 Å². The van der Waals surface area contributed by atoms with Gasteiger partial charge in [0, 0.05) is 19.3 Å². The van der Waals surface area contributed by atoms with E-state index in [0.29, 0.717) is 13.2 Å². The van der Waals surface area contributed by atoms with E-state index in [1.54, 1.807) is 6.20 Å². The molecule has 0 spiro atoms. The molecule has 1 rings (SSSR count). The number of aliphatic hydroxyl groups excluding tert-OH is 1. The summed E-state index contributed by atoms with van der Waals surface area (Å²) in [5, 5.41) is 11.8. The Morgan fingerprint density at radius 2 is 2.31 bits per heavy atom. The maximum Gasteiger partial charge on any atom is 0.125 e. The van der Waals surface area contributed by atoms with Crippen molar-refractivity contribution in [1.82, 2.24) is 15.3 Å². The van der Waals surface area contributed by atoms with Crippen LogP contribution in [0.2, 0.25) is 0 Å². The summed E-state index contributed by atoms with van der Waals surface area (Å²) in [6.45, 7) is 4.71. The minimum absolute atomic E-state index is 0.0909. The zero-order valence-corrected chi connectivity index (χ0v) is 9.65. The van der Waals surface area contributed by atoms with Crippen LogP contribution in [0.25, 0.3) is 0 Å². The van der Waals surface area contributed by atoms with Crippen molar-refractivity contribution in [3.05, 3.63) is 23.8 Å². The van der Waals surface area contributed by atoms with Crippen molar-refractivity contribution in [2.75, 3.05) is 26.4 Å². The van der Waals surface area contributed by atoms with Crippen molar-refractivity contribution in [2.45, 2.75) is 19.9 Å². The lowest BCUT2D eigenvalue weighted by Gasteiger charge is -2.05. The van der Waals surface area contributed by atoms with Gasteiger partial charge in [-0.15, -0.1) is 0 Å². The number of aromatic nitrogens is 2. The Labute approximate surface area is 95.9 Å². The molecule has 0 radical (unpaired) electrons. The highest BCUT2D eigenvalue weighted by atomic mass is 16.5. The maximum absolute atomic E-state index is 8.49. The van der Waals surface area contributed by atoms with Gasteiger partial charge >= 0.3 is 0 Å². The number of nitrogens with zero attached hydrogens (tertiary/aromatic N) is 2. The van der Waals surface area contributed by atoms with Gasteiger partial charge in [0.2, 0.25) is 0 Å². The van der Waals surface area contributed by atoms with Gasteiger partial charge in [-0.1, -0.05) is 0 Å². The minimum atomic E-state index is 0.0909. The highest BCUT2D eigenvalue weighted by Gasteiger charge is 1.95. The van der Waals surface area contributed by atoms with Crippen molar-refractivity contribution in [3.8, 4) is 0 Å². The molecule has 0 aliphatic carbocycles. The molecule has 16 heavy (non-hydrogen) atoms. The Bertz CT molecular complexity index is 294. The van der Waals surface area contributed by atoms with Gasteiger partial charge in [-0.25, -0.2) is 9.97 Å². The van der Waals surface area contributed by atoms with E-state index in [-0.39, 0.29) is 6.61 Å². The van der Waals surface area contributed by atoms with Gasteiger partial charge in [0.1, 0.15) is 5.82 Å². The van der Waals surface area contributed by atoms with E-state index in [1.165, 1.54) is 0 Å². The van der Waals surface area contributed by atoms with Gasteiger partial charge in [0.25, 0.3) is 0 Å². The quantitative estimate of drug-likeness (QED) is 0.622. The highest BCUT2D eigenvalue weighted by molar-refractivity contribution is 5.00. The highest BCUT2D eigenvalue weighted by Crippen LogP contribution is 1.93. The van der Waals surface area contributed by atoms with Crippen molar-refractivity contribution in [3.63, 3.8) is 0 Å².